The van der Waals surface area contributed by atoms with Crippen LogP contribution < -0.4 is 10.6 Å². The van der Waals surface area contributed by atoms with E-state index in [1.165, 1.54) is 11.1 Å². The van der Waals surface area contributed by atoms with Crippen molar-refractivity contribution in [2.45, 2.75) is 19.0 Å². The second-order valence-electron chi connectivity index (χ2n) is 7.56. The van der Waals surface area contributed by atoms with E-state index in [4.69, 9.17) is 0 Å². The van der Waals surface area contributed by atoms with Crippen LogP contribution in [0.25, 0.3) is 0 Å². The summed E-state index contributed by atoms with van der Waals surface area (Å²) in [5.74, 6) is -1.20. The fourth-order valence-electron chi connectivity index (χ4n) is 3.56. The predicted molar refractivity (Wildman–Crippen MR) is 112 cm³/mol. The van der Waals surface area contributed by atoms with Crippen LogP contribution in [0.15, 0.2) is 48.8 Å². The van der Waals surface area contributed by atoms with Crippen LogP contribution in [0.2, 0.25) is 0 Å². The molecule has 0 spiro atoms. The molecule has 1 atom stereocenters. The molecule has 1 aromatic carbocycles. The Morgan fingerprint density at radius 1 is 1.10 bits per heavy atom. The summed E-state index contributed by atoms with van der Waals surface area (Å²) in [6.07, 6.45) is 4.53. The number of likely N-dealkylation sites (N-methyl/N-ethyl adjacent to an activating group) is 1. The smallest absolute Gasteiger partial charge is 0.309 e. The Balaban J connectivity index is 1.65. The first-order valence-corrected chi connectivity index (χ1v) is 9.96. The molecule has 0 aliphatic carbocycles. The second-order valence-corrected chi connectivity index (χ2v) is 7.56. The Labute approximate surface area is 172 Å². The standard InChI is InChI=1S/C22H29N5O2/c1-26(2)13-11-24-21(28)22(29)25-15-20(18-8-5-10-23-14-18)27-12-9-17-6-3-4-7-19(17)16-27/h3-8,10,14,20H,9,11-13,15-16H2,1-2H3,(H,24,28)(H,25,29). The molecule has 1 aliphatic heterocycles. The third-order valence-electron chi connectivity index (χ3n) is 5.18. The van der Waals surface area contributed by atoms with Gasteiger partial charge in [0.25, 0.3) is 0 Å². The number of nitrogens with one attached hydrogen (secondary N) is 2. The van der Waals surface area contributed by atoms with Gasteiger partial charge in [0.2, 0.25) is 0 Å². The van der Waals surface area contributed by atoms with Gasteiger partial charge in [-0.25, -0.2) is 0 Å². The van der Waals surface area contributed by atoms with E-state index < -0.39 is 11.8 Å². The van der Waals surface area contributed by atoms with E-state index in [-0.39, 0.29) is 6.04 Å². The van der Waals surface area contributed by atoms with Gasteiger partial charge in [0.1, 0.15) is 0 Å². The zero-order valence-electron chi connectivity index (χ0n) is 17.1. The lowest BCUT2D eigenvalue weighted by atomic mass is 9.97. The van der Waals surface area contributed by atoms with Gasteiger partial charge in [-0.3, -0.25) is 19.5 Å². The third-order valence-corrected chi connectivity index (χ3v) is 5.18. The first-order chi connectivity index (χ1) is 14.0. The van der Waals surface area contributed by atoms with Crippen LogP contribution in [0.3, 0.4) is 0 Å². The molecular weight excluding hydrogens is 366 g/mol. The minimum absolute atomic E-state index is 0.0458. The first kappa shape index (κ1) is 21.0. The fraction of sp³-hybridized carbons (Fsp3) is 0.409. The summed E-state index contributed by atoms with van der Waals surface area (Å²) >= 11 is 0. The van der Waals surface area contributed by atoms with Crippen molar-refractivity contribution in [2.75, 3.05) is 40.3 Å². The minimum Gasteiger partial charge on any atom is -0.347 e. The molecule has 2 heterocycles. The van der Waals surface area contributed by atoms with Crippen LogP contribution in [0.1, 0.15) is 22.7 Å². The molecule has 2 N–H and O–H groups in total. The molecular formula is C22H29N5O2. The topological polar surface area (TPSA) is 77.6 Å². The normalized spacial score (nSPS) is 14.9. The Bertz CT molecular complexity index is 825. The van der Waals surface area contributed by atoms with E-state index >= 15 is 0 Å². The minimum atomic E-state index is -0.602. The molecule has 29 heavy (non-hydrogen) atoms. The summed E-state index contributed by atoms with van der Waals surface area (Å²) in [5, 5.41) is 5.46. The van der Waals surface area contributed by atoms with Crippen molar-refractivity contribution in [3.8, 4) is 0 Å². The molecule has 2 amide bonds. The van der Waals surface area contributed by atoms with Crippen LogP contribution in [0.4, 0.5) is 0 Å². The van der Waals surface area contributed by atoms with Crippen LogP contribution in [-0.2, 0) is 22.6 Å². The second kappa shape index (κ2) is 10.1. The average Bonchev–Trinajstić information content (AvgIpc) is 2.74. The highest BCUT2D eigenvalue weighted by Crippen LogP contribution is 2.27. The maximum Gasteiger partial charge on any atom is 0.309 e. The highest BCUT2D eigenvalue weighted by atomic mass is 16.2. The largest absolute Gasteiger partial charge is 0.347 e. The van der Waals surface area contributed by atoms with E-state index in [0.717, 1.165) is 25.1 Å². The highest BCUT2D eigenvalue weighted by Gasteiger charge is 2.26. The number of nitrogens with zero attached hydrogens (tertiary/aromatic N) is 3. The summed E-state index contributed by atoms with van der Waals surface area (Å²) in [6.45, 7) is 3.18. The summed E-state index contributed by atoms with van der Waals surface area (Å²) in [4.78, 5) is 32.8. The maximum absolute atomic E-state index is 12.3. The van der Waals surface area contributed by atoms with Gasteiger partial charge in [0, 0.05) is 45.1 Å². The van der Waals surface area contributed by atoms with Crippen molar-refractivity contribution in [2.24, 2.45) is 0 Å². The molecule has 1 aliphatic rings. The predicted octanol–water partition coefficient (Wildman–Crippen LogP) is 0.975. The van der Waals surface area contributed by atoms with Crippen LogP contribution in [0, 0.1) is 0 Å². The zero-order valence-corrected chi connectivity index (χ0v) is 17.1. The molecule has 1 aromatic heterocycles. The number of fused-ring (bicyclic) bond motifs is 1. The van der Waals surface area contributed by atoms with E-state index in [0.29, 0.717) is 19.6 Å². The Morgan fingerprint density at radius 2 is 1.86 bits per heavy atom. The molecule has 0 saturated carbocycles. The zero-order chi connectivity index (χ0) is 20.6. The van der Waals surface area contributed by atoms with Crippen molar-refractivity contribution in [1.82, 2.24) is 25.4 Å². The fourth-order valence-corrected chi connectivity index (χ4v) is 3.56. The van der Waals surface area contributed by atoms with E-state index in [1.807, 2.05) is 37.3 Å². The molecule has 0 radical (unpaired) electrons. The Morgan fingerprint density at radius 3 is 2.59 bits per heavy atom. The molecule has 7 heteroatoms. The van der Waals surface area contributed by atoms with Gasteiger partial charge in [-0.2, -0.15) is 0 Å². The van der Waals surface area contributed by atoms with Crippen molar-refractivity contribution in [1.29, 1.82) is 0 Å². The number of hydrogen-bond acceptors (Lipinski definition) is 5. The summed E-state index contributed by atoms with van der Waals surface area (Å²) < 4.78 is 0. The number of hydrogen-bond donors (Lipinski definition) is 2. The van der Waals surface area contributed by atoms with Gasteiger partial charge < -0.3 is 15.5 Å². The summed E-state index contributed by atoms with van der Waals surface area (Å²) in [6, 6.07) is 12.3. The van der Waals surface area contributed by atoms with Gasteiger partial charge in [0.15, 0.2) is 0 Å². The van der Waals surface area contributed by atoms with Gasteiger partial charge in [0.05, 0.1) is 6.04 Å². The number of benzene rings is 1. The third kappa shape index (κ3) is 5.85. The average molecular weight is 396 g/mol. The molecule has 3 rings (SSSR count). The quantitative estimate of drug-likeness (QED) is 0.684. The number of amides is 2. The molecule has 0 fully saturated rings. The van der Waals surface area contributed by atoms with E-state index in [2.05, 4.69) is 44.8 Å². The lowest BCUT2D eigenvalue weighted by molar-refractivity contribution is -0.139. The molecule has 2 aromatic rings. The lowest BCUT2D eigenvalue weighted by Gasteiger charge is -2.35. The van der Waals surface area contributed by atoms with Crippen LogP contribution >= 0.6 is 0 Å². The van der Waals surface area contributed by atoms with E-state index in [1.54, 1.807) is 6.20 Å². The Hall–Kier alpha value is -2.77. The first-order valence-electron chi connectivity index (χ1n) is 9.96. The van der Waals surface area contributed by atoms with Gasteiger partial charge >= 0.3 is 11.8 Å². The number of carbonyl (C=O) groups excluding carboxylic acids is 2. The monoisotopic (exact) mass is 395 g/mol. The molecule has 1 unspecified atom stereocenters. The van der Waals surface area contributed by atoms with E-state index in [9.17, 15) is 9.59 Å². The van der Waals surface area contributed by atoms with Crippen molar-refractivity contribution in [3.05, 3.63) is 65.5 Å². The molecule has 0 saturated heterocycles. The Kier molecular flexibility index (Phi) is 7.32. The van der Waals surface area contributed by atoms with Crippen molar-refractivity contribution < 1.29 is 9.59 Å². The van der Waals surface area contributed by atoms with Crippen molar-refractivity contribution in [3.63, 3.8) is 0 Å². The van der Waals surface area contributed by atoms with Crippen molar-refractivity contribution >= 4 is 11.8 Å². The van der Waals surface area contributed by atoms with Gasteiger partial charge in [-0.15, -0.1) is 0 Å². The highest BCUT2D eigenvalue weighted by molar-refractivity contribution is 6.35. The number of aromatic nitrogens is 1. The number of carbonyl (C=O) groups is 2. The molecule has 0 bridgehead atoms. The van der Waals surface area contributed by atoms with Gasteiger partial charge in [-0.1, -0.05) is 30.3 Å². The summed E-state index contributed by atoms with van der Waals surface area (Å²) in [5.41, 5.74) is 3.71. The number of rotatable bonds is 7. The molecule has 7 nitrogen and oxygen atoms in total. The van der Waals surface area contributed by atoms with Gasteiger partial charge in [-0.05, 0) is 43.3 Å². The van der Waals surface area contributed by atoms with Crippen LogP contribution in [0.5, 0.6) is 0 Å². The molecule has 154 valence electrons. The number of pyridine rings is 1. The van der Waals surface area contributed by atoms with Crippen LogP contribution in [-0.4, -0.2) is 66.9 Å². The SMILES string of the molecule is CN(C)CCNC(=O)C(=O)NCC(c1cccnc1)N1CCc2ccccc2C1. The summed E-state index contributed by atoms with van der Waals surface area (Å²) in [7, 11) is 3.84. The lowest BCUT2D eigenvalue weighted by Crippen LogP contribution is -2.46. The maximum atomic E-state index is 12.3.